The van der Waals surface area contributed by atoms with Crippen LogP contribution >= 0.6 is 22.6 Å². The predicted octanol–water partition coefficient (Wildman–Crippen LogP) is 4.41. The molecule has 0 bridgehead atoms. The molecule has 0 radical (unpaired) electrons. The normalized spacial score (nSPS) is 20.0. The number of Topliss-reactive ketones (excluding diaryl/α,β-unsaturated/α-hetero) is 1. The molecule has 0 saturated heterocycles. The van der Waals surface area contributed by atoms with Gasteiger partial charge in [-0.1, -0.05) is 54.5 Å². The van der Waals surface area contributed by atoms with Gasteiger partial charge in [0.15, 0.2) is 5.78 Å². The average Bonchev–Trinajstić information content (AvgIpc) is 2.91. The van der Waals surface area contributed by atoms with E-state index in [1.54, 1.807) is 0 Å². The van der Waals surface area contributed by atoms with Crippen molar-refractivity contribution < 1.29 is 9.53 Å². The smallest absolute Gasteiger partial charge is 0.161 e. The fraction of sp³-hybridized carbons (Fsp3) is 0.824. The maximum Gasteiger partial charge on any atom is 0.161 e. The van der Waals surface area contributed by atoms with E-state index in [1.165, 1.54) is 6.42 Å². The summed E-state index contributed by atoms with van der Waals surface area (Å²) >= 11 is 2.35. The second-order valence-corrected chi connectivity index (χ2v) is 8.12. The maximum atomic E-state index is 12.3. The molecule has 5 nitrogen and oxygen atoms in total. The lowest BCUT2D eigenvalue weighted by Crippen LogP contribution is -2.23. The lowest BCUT2D eigenvalue weighted by atomic mass is 9.97. The molecule has 0 aliphatic heterocycles. The van der Waals surface area contributed by atoms with Crippen LogP contribution in [0.4, 0.5) is 0 Å². The van der Waals surface area contributed by atoms with Crippen molar-refractivity contribution in [2.75, 3.05) is 6.61 Å². The van der Waals surface area contributed by atoms with E-state index in [0.29, 0.717) is 0 Å². The van der Waals surface area contributed by atoms with E-state index < -0.39 is 0 Å². The number of fused-ring (bicyclic) bond motifs is 1. The van der Waals surface area contributed by atoms with E-state index in [4.69, 9.17) is 4.74 Å². The van der Waals surface area contributed by atoms with Gasteiger partial charge in [-0.2, -0.15) is 0 Å². The maximum absolute atomic E-state index is 12.3. The van der Waals surface area contributed by atoms with Gasteiger partial charge in [-0.3, -0.25) is 4.79 Å². The Balaban J connectivity index is 2.15. The van der Waals surface area contributed by atoms with Crippen LogP contribution in [0.3, 0.4) is 0 Å². The van der Waals surface area contributed by atoms with Gasteiger partial charge in [0.25, 0.3) is 0 Å². The molecule has 2 rings (SSSR count). The first kappa shape index (κ1) is 18.8. The topological polar surface area (TPSA) is 57.0 Å². The van der Waals surface area contributed by atoms with Crippen LogP contribution in [0.25, 0.3) is 0 Å². The molecular weight excluding hydrogens is 405 g/mol. The number of ether oxygens (including phenoxy) is 1. The molecule has 0 amide bonds. The molecule has 1 aromatic rings. The van der Waals surface area contributed by atoms with Crippen LogP contribution < -0.4 is 0 Å². The highest BCUT2D eigenvalue weighted by atomic mass is 127. The number of rotatable bonds is 7. The van der Waals surface area contributed by atoms with Crippen molar-refractivity contribution in [1.82, 2.24) is 15.0 Å². The highest BCUT2D eigenvalue weighted by molar-refractivity contribution is 14.1. The Morgan fingerprint density at radius 1 is 1.35 bits per heavy atom. The minimum atomic E-state index is -0.0594. The number of halogens is 1. The highest BCUT2D eigenvalue weighted by Gasteiger charge is 2.27. The Bertz CT molecular complexity index is 512. The largest absolute Gasteiger partial charge is 0.364 e. The number of aryl methyl sites for hydroxylation is 1. The van der Waals surface area contributed by atoms with Gasteiger partial charge in [0.05, 0.1) is 11.4 Å². The molecular formula is C17H28IN3O2. The van der Waals surface area contributed by atoms with Crippen LogP contribution in [0.1, 0.15) is 80.8 Å². The Morgan fingerprint density at radius 2 is 2.09 bits per heavy atom. The molecule has 0 saturated carbocycles. The van der Waals surface area contributed by atoms with Crippen molar-refractivity contribution in [2.45, 2.75) is 75.9 Å². The number of aromatic nitrogens is 3. The molecule has 0 aromatic carbocycles. The van der Waals surface area contributed by atoms with E-state index in [1.807, 2.05) is 4.68 Å². The van der Waals surface area contributed by atoms with Gasteiger partial charge in [-0.25, -0.2) is 4.68 Å². The van der Waals surface area contributed by atoms with Crippen LogP contribution in [0.2, 0.25) is 0 Å². The SMILES string of the molecule is CCC(CC)C(=O)COC1CCCCCc2nnn(C(C)I)c21. The van der Waals surface area contributed by atoms with Crippen LogP contribution in [0, 0.1) is 5.92 Å². The van der Waals surface area contributed by atoms with Gasteiger partial charge in [-0.15, -0.1) is 5.10 Å². The summed E-state index contributed by atoms with van der Waals surface area (Å²) in [6, 6.07) is 0. The van der Waals surface area contributed by atoms with Crippen LogP contribution in [-0.2, 0) is 16.0 Å². The molecule has 23 heavy (non-hydrogen) atoms. The fourth-order valence-electron chi connectivity index (χ4n) is 3.25. The van der Waals surface area contributed by atoms with Gasteiger partial charge >= 0.3 is 0 Å². The van der Waals surface area contributed by atoms with Crippen LogP contribution in [0.15, 0.2) is 0 Å². The predicted molar refractivity (Wildman–Crippen MR) is 98.7 cm³/mol. The van der Waals surface area contributed by atoms with E-state index in [9.17, 15) is 4.79 Å². The summed E-state index contributed by atoms with van der Waals surface area (Å²) in [5, 5.41) is 8.69. The van der Waals surface area contributed by atoms with Crippen molar-refractivity contribution in [3.8, 4) is 0 Å². The summed E-state index contributed by atoms with van der Waals surface area (Å²) in [5.41, 5.74) is 2.14. The molecule has 1 heterocycles. The third kappa shape index (κ3) is 4.75. The molecule has 2 atom stereocenters. The van der Waals surface area contributed by atoms with Gasteiger partial charge in [-0.05, 0) is 39.0 Å². The third-order valence-corrected chi connectivity index (χ3v) is 5.22. The number of carbonyl (C=O) groups is 1. The first-order valence-corrected chi connectivity index (χ1v) is 10.0. The minimum absolute atomic E-state index is 0.0594. The Kier molecular flexibility index (Phi) is 7.46. The van der Waals surface area contributed by atoms with Gasteiger partial charge in [0, 0.05) is 5.92 Å². The third-order valence-electron chi connectivity index (χ3n) is 4.69. The number of nitrogens with zero attached hydrogens (tertiary/aromatic N) is 3. The van der Waals surface area contributed by atoms with Crippen molar-refractivity contribution in [3.05, 3.63) is 11.4 Å². The lowest BCUT2D eigenvalue weighted by molar-refractivity contribution is -0.130. The quantitative estimate of drug-likeness (QED) is 0.472. The number of hydrogen-bond donors (Lipinski definition) is 0. The average molecular weight is 433 g/mol. The monoisotopic (exact) mass is 433 g/mol. The number of carbonyl (C=O) groups excluding carboxylic acids is 1. The van der Waals surface area contributed by atoms with Crippen molar-refractivity contribution >= 4 is 28.4 Å². The first-order valence-electron chi connectivity index (χ1n) is 8.80. The molecule has 0 spiro atoms. The summed E-state index contributed by atoms with van der Waals surface area (Å²) in [5.74, 6) is 0.342. The van der Waals surface area contributed by atoms with Crippen LogP contribution in [-0.4, -0.2) is 27.4 Å². The van der Waals surface area contributed by atoms with Crippen LogP contribution in [0.5, 0.6) is 0 Å². The van der Waals surface area contributed by atoms with Gasteiger partial charge in [0.1, 0.15) is 16.8 Å². The zero-order valence-electron chi connectivity index (χ0n) is 14.4. The molecule has 2 unspecified atom stereocenters. The van der Waals surface area contributed by atoms with E-state index in [2.05, 4.69) is 53.7 Å². The first-order chi connectivity index (χ1) is 11.1. The van der Waals surface area contributed by atoms with Crippen molar-refractivity contribution in [3.63, 3.8) is 0 Å². The molecule has 1 aliphatic rings. The summed E-state index contributed by atoms with van der Waals surface area (Å²) in [4.78, 5) is 12.3. The van der Waals surface area contributed by atoms with E-state index in [0.717, 1.165) is 49.9 Å². The van der Waals surface area contributed by atoms with Crippen molar-refractivity contribution in [2.24, 2.45) is 5.92 Å². The zero-order chi connectivity index (χ0) is 16.8. The highest BCUT2D eigenvalue weighted by Crippen LogP contribution is 2.32. The van der Waals surface area contributed by atoms with E-state index >= 15 is 0 Å². The number of ketones is 1. The summed E-state index contributed by atoms with van der Waals surface area (Å²) < 4.78 is 8.28. The zero-order valence-corrected chi connectivity index (χ0v) is 16.6. The standard InChI is InChI=1S/C17H28IN3O2/c1-4-13(5-2)15(22)11-23-16-10-8-6-7-9-14-17(16)21(12(3)18)20-19-14/h12-13,16H,4-11H2,1-3H3. The Morgan fingerprint density at radius 3 is 2.74 bits per heavy atom. The lowest BCUT2D eigenvalue weighted by Gasteiger charge is -2.23. The number of alkyl halides is 1. The van der Waals surface area contributed by atoms with E-state index in [-0.39, 0.29) is 28.5 Å². The molecule has 6 heteroatoms. The molecule has 130 valence electrons. The van der Waals surface area contributed by atoms with Crippen molar-refractivity contribution in [1.29, 1.82) is 0 Å². The summed E-state index contributed by atoms with van der Waals surface area (Å²) in [6.07, 6.45) is 7.09. The minimum Gasteiger partial charge on any atom is -0.364 e. The Hall–Kier alpha value is -0.500. The molecule has 1 aliphatic carbocycles. The summed E-state index contributed by atoms with van der Waals surface area (Å²) in [7, 11) is 0. The summed E-state index contributed by atoms with van der Waals surface area (Å²) in [6.45, 7) is 6.44. The molecule has 1 aromatic heterocycles. The molecule has 0 N–H and O–H groups in total. The number of hydrogen-bond acceptors (Lipinski definition) is 4. The second kappa shape index (κ2) is 9.11. The van der Waals surface area contributed by atoms with Gasteiger partial charge < -0.3 is 4.74 Å². The Labute approximate surface area is 152 Å². The fourth-order valence-corrected chi connectivity index (χ4v) is 3.66. The van der Waals surface area contributed by atoms with Gasteiger partial charge in [0.2, 0.25) is 0 Å². The second-order valence-electron chi connectivity index (χ2n) is 6.32. The molecule has 0 fully saturated rings.